The van der Waals surface area contributed by atoms with Crippen molar-refractivity contribution < 1.29 is 18.0 Å². The van der Waals surface area contributed by atoms with E-state index in [1.54, 1.807) is 12.1 Å². The van der Waals surface area contributed by atoms with Crippen molar-refractivity contribution in [3.05, 3.63) is 29.8 Å². The summed E-state index contributed by atoms with van der Waals surface area (Å²) in [7, 11) is -3.84. The second-order valence-corrected chi connectivity index (χ2v) is 9.18. The Morgan fingerprint density at radius 2 is 1.89 bits per heavy atom. The molecule has 27 heavy (non-hydrogen) atoms. The van der Waals surface area contributed by atoms with Gasteiger partial charge < -0.3 is 10.6 Å². The summed E-state index contributed by atoms with van der Waals surface area (Å²) in [6, 6.07) is 4.89. The van der Waals surface area contributed by atoms with Crippen molar-refractivity contribution in [3.8, 4) is 0 Å². The average molecular weight is 396 g/mol. The fourth-order valence-corrected chi connectivity index (χ4v) is 4.21. The van der Waals surface area contributed by atoms with Gasteiger partial charge in [-0.05, 0) is 50.7 Å². The van der Waals surface area contributed by atoms with Crippen LogP contribution < -0.4 is 15.4 Å². The molecule has 2 atom stereocenters. The molecule has 0 radical (unpaired) electrons. The van der Waals surface area contributed by atoms with Crippen molar-refractivity contribution in [2.75, 3.05) is 6.54 Å². The largest absolute Gasteiger partial charge is 0.354 e. The molecule has 1 aliphatic rings. The third-order valence-electron chi connectivity index (χ3n) is 4.50. The van der Waals surface area contributed by atoms with Crippen LogP contribution in [0.1, 0.15) is 45.1 Å². The summed E-state index contributed by atoms with van der Waals surface area (Å²) in [5.74, 6) is -0.587. The SMILES string of the molecule is Cc1ccc(S(=O)(=O)NC(CC(C)C)C(=O)NC2CCCCNC2=O)cc1. The van der Waals surface area contributed by atoms with Crippen LogP contribution in [0.15, 0.2) is 29.2 Å². The third-order valence-corrected chi connectivity index (χ3v) is 5.99. The van der Waals surface area contributed by atoms with Gasteiger partial charge in [-0.3, -0.25) is 9.59 Å². The van der Waals surface area contributed by atoms with E-state index in [-0.39, 0.29) is 16.7 Å². The summed E-state index contributed by atoms with van der Waals surface area (Å²) in [5.41, 5.74) is 0.949. The van der Waals surface area contributed by atoms with E-state index in [4.69, 9.17) is 0 Å². The molecule has 1 aliphatic heterocycles. The number of aryl methyl sites for hydroxylation is 1. The van der Waals surface area contributed by atoms with Crippen molar-refractivity contribution >= 4 is 21.8 Å². The Morgan fingerprint density at radius 3 is 2.52 bits per heavy atom. The molecule has 1 saturated heterocycles. The lowest BCUT2D eigenvalue weighted by Crippen LogP contribution is -2.53. The van der Waals surface area contributed by atoms with Gasteiger partial charge in [-0.25, -0.2) is 8.42 Å². The van der Waals surface area contributed by atoms with Gasteiger partial charge in [0.1, 0.15) is 12.1 Å². The molecule has 0 aliphatic carbocycles. The first-order valence-corrected chi connectivity index (χ1v) is 10.8. The molecule has 8 heteroatoms. The minimum Gasteiger partial charge on any atom is -0.354 e. The van der Waals surface area contributed by atoms with Crippen LogP contribution in [0.25, 0.3) is 0 Å². The number of carbonyl (C=O) groups is 2. The molecule has 0 saturated carbocycles. The van der Waals surface area contributed by atoms with Gasteiger partial charge in [0, 0.05) is 6.54 Å². The Morgan fingerprint density at radius 1 is 1.22 bits per heavy atom. The number of benzene rings is 1. The maximum Gasteiger partial charge on any atom is 0.242 e. The topological polar surface area (TPSA) is 104 Å². The highest BCUT2D eigenvalue weighted by molar-refractivity contribution is 7.89. The predicted molar refractivity (Wildman–Crippen MR) is 104 cm³/mol. The number of hydrogen-bond acceptors (Lipinski definition) is 4. The van der Waals surface area contributed by atoms with Gasteiger partial charge in [-0.1, -0.05) is 31.5 Å². The van der Waals surface area contributed by atoms with Gasteiger partial charge in [0.05, 0.1) is 4.90 Å². The Bertz CT molecular complexity index is 760. The molecule has 0 aromatic heterocycles. The molecule has 150 valence electrons. The second kappa shape index (κ2) is 9.32. The molecule has 0 bridgehead atoms. The first-order chi connectivity index (χ1) is 12.7. The van der Waals surface area contributed by atoms with Crippen LogP contribution >= 0.6 is 0 Å². The highest BCUT2D eigenvalue weighted by atomic mass is 32.2. The summed E-state index contributed by atoms with van der Waals surface area (Å²) >= 11 is 0. The Kier molecular flexibility index (Phi) is 7.38. The highest BCUT2D eigenvalue weighted by Gasteiger charge is 2.30. The summed E-state index contributed by atoms with van der Waals surface area (Å²) < 4.78 is 27.9. The van der Waals surface area contributed by atoms with Crippen LogP contribution in [0.3, 0.4) is 0 Å². The standard InChI is InChI=1S/C19H29N3O4S/c1-13(2)12-17(19(24)21-16-6-4-5-11-20-18(16)23)22-27(25,26)15-9-7-14(3)8-10-15/h7-10,13,16-17,22H,4-6,11-12H2,1-3H3,(H,20,23)(H,21,24). The molecule has 7 nitrogen and oxygen atoms in total. The molecular formula is C19H29N3O4S. The van der Waals surface area contributed by atoms with Crippen LogP contribution in [0.2, 0.25) is 0 Å². The van der Waals surface area contributed by atoms with Gasteiger partial charge in [0.2, 0.25) is 21.8 Å². The molecular weight excluding hydrogens is 366 g/mol. The molecule has 2 rings (SSSR count). The van der Waals surface area contributed by atoms with Gasteiger partial charge in [0.25, 0.3) is 0 Å². The minimum atomic E-state index is -3.84. The lowest BCUT2D eigenvalue weighted by molar-refractivity contribution is -0.129. The summed E-state index contributed by atoms with van der Waals surface area (Å²) in [4.78, 5) is 24.9. The first kappa shape index (κ1) is 21.4. The minimum absolute atomic E-state index is 0.101. The van der Waals surface area contributed by atoms with Crippen molar-refractivity contribution in [2.24, 2.45) is 5.92 Å². The fraction of sp³-hybridized carbons (Fsp3) is 0.579. The van der Waals surface area contributed by atoms with E-state index in [0.717, 1.165) is 18.4 Å². The maximum absolute atomic E-state index is 12.7. The van der Waals surface area contributed by atoms with E-state index >= 15 is 0 Å². The molecule has 1 heterocycles. The summed E-state index contributed by atoms with van der Waals surface area (Å²) in [6.07, 6.45) is 2.59. The molecule has 1 fully saturated rings. The highest BCUT2D eigenvalue weighted by Crippen LogP contribution is 2.14. The van der Waals surface area contributed by atoms with E-state index in [1.165, 1.54) is 12.1 Å². The Balaban J connectivity index is 2.14. The van der Waals surface area contributed by atoms with E-state index in [0.29, 0.717) is 19.4 Å². The van der Waals surface area contributed by atoms with Crippen LogP contribution in [0.5, 0.6) is 0 Å². The van der Waals surface area contributed by atoms with E-state index in [1.807, 2.05) is 20.8 Å². The van der Waals surface area contributed by atoms with Gasteiger partial charge in [-0.15, -0.1) is 0 Å². The van der Waals surface area contributed by atoms with Crippen molar-refractivity contribution in [3.63, 3.8) is 0 Å². The maximum atomic E-state index is 12.7. The monoisotopic (exact) mass is 395 g/mol. The molecule has 1 aromatic rings. The smallest absolute Gasteiger partial charge is 0.242 e. The lowest BCUT2D eigenvalue weighted by Gasteiger charge is -2.23. The van der Waals surface area contributed by atoms with Crippen molar-refractivity contribution in [2.45, 2.75) is 63.4 Å². The van der Waals surface area contributed by atoms with Crippen LogP contribution in [0, 0.1) is 12.8 Å². The Labute approximate surface area is 161 Å². The number of sulfonamides is 1. The second-order valence-electron chi connectivity index (χ2n) is 7.46. The van der Waals surface area contributed by atoms with Gasteiger partial charge in [-0.2, -0.15) is 4.72 Å². The van der Waals surface area contributed by atoms with Gasteiger partial charge >= 0.3 is 0 Å². The predicted octanol–water partition coefficient (Wildman–Crippen LogP) is 1.47. The molecule has 0 spiro atoms. The number of carbonyl (C=O) groups excluding carboxylic acids is 2. The quantitative estimate of drug-likeness (QED) is 0.650. The van der Waals surface area contributed by atoms with Crippen LogP contribution in [0.4, 0.5) is 0 Å². The van der Waals surface area contributed by atoms with Crippen LogP contribution in [-0.2, 0) is 19.6 Å². The van der Waals surface area contributed by atoms with E-state index in [9.17, 15) is 18.0 Å². The summed E-state index contributed by atoms with van der Waals surface area (Å²) in [6.45, 7) is 6.30. The number of hydrogen-bond donors (Lipinski definition) is 3. The molecule has 2 unspecified atom stereocenters. The number of rotatable bonds is 7. The van der Waals surface area contributed by atoms with E-state index < -0.39 is 28.0 Å². The zero-order valence-electron chi connectivity index (χ0n) is 16.1. The number of nitrogens with one attached hydrogen (secondary N) is 3. The normalized spacial score (nSPS) is 19.3. The zero-order valence-corrected chi connectivity index (χ0v) is 16.9. The van der Waals surface area contributed by atoms with Crippen molar-refractivity contribution in [1.29, 1.82) is 0 Å². The fourth-order valence-electron chi connectivity index (χ4n) is 3.00. The van der Waals surface area contributed by atoms with Gasteiger partial charge in [0.15, 0.2) is 0 Å². The lowest BCUT2D eigenvalue weighted by atomic mass is 10.0. The van der Waals surface area contributed by atoms with Crippen molar-refractivity contribution in [1.82, 2.24) is 15.4 Å². The first-order valence-electron chi connectivity index (χ1n) is 9.36. The molecule has 3 N–H and O–H groups in total. The third kappa shape index (κ3) is 6.32. The molecule has 1 aromatic carbocycles. The zero-order chi connectivity index (χ0) is 20.0. The Hall–Kier alpha value is -1.93. The average Bonchev–Trinajstić information content (AvgIpc) is 2.78. The molecule has 2 amide bonds. The van der Waals surface area contributed by atoms with E-state index in [2.05, 4.69) is 15.4 Å². The summed E-state index contributed by atoms with van der Waals surface area (Å²) in [5, 5.41) is 5.49. The number of amides is 2. The van der Waals surface area contributed by atoms with Crippen LogP contribution in [-0.4, -0.2) is 38.9 Å².